The summed E-state index contributed by atoms with van der Waals surface area (Å²) < 4.78 is 1.38. The molecule has 0 radical (unpaired) electrons. The van der Waals surface area contributed by atoms with E-state index < -0.39 is 10.8 Å². The molecule has 0 spiro atoms. The molecule has 1 aromatic rings. The third kappa shape index (κ3) is 7.20. The highest BCUT2D eigenvalue weighted by molar-refractivity contribution is 14.1. The van der Waals surface area contributed by atoms with Crippen LogP contribution in [0.25, 0.3) is 0 Å². The van der Waals surface area contributed by atoms with Crippen LogP contribution in [0.1, 0.15) is 52.7 Å². The fraction of sp³-hybridized carbons (Fsp3) is 0.562. The zero-order chi connectivity index (χ0) is 17.0. The van der Waals surface area contributed by atoms with E-state index in [-0.39, 0.29) is 10.8 Å². The Morgan fingerprint density at radius 2 is 1.52 bits per heavy atom. The maximum Gasteiger partial charge on any atom is 0.337 e. The van der Waals surface area contributed by atoms with E-state index in [0.717, 1.165) is 0 Å². The van der Waals surface area contributed by atoms with Crippen LogP contribution in [0, 0.1) is 3.57 Å². The zero-order valence-electron chi connectivity index (χ0n) is 13.3. The predicted octanol–water partition coefficient (Wildman–Crippen LogP) is 5.76. The lowest BCUT2D eigenvalue weighted by Crippen LogP contribution is -2.23. The maximum absolute atomic E-state index is 9.44. The van der Waals surface area contributed by atoms with Crippen LogP contribution in [-0.4, -0.2) is 15.9 Å². The van der Waals surface area contributed by atoms with Gasteiger partial charge < -0.3 is 5.11 Å². The van der Waals surface area contributed by atoms with Crippen LogP contribution in [-0.2, 0) is 15.6 Å². The molecule has 0 amide bonds. The van der Waals surface area contributed by atoms with Gasteiger partial charge >= 0.3 is 5.97 Å². The van der Waals surface area contributed by atoms with Crippen molar-refractivity contribution in [3.8, 4) is 0 Å². The Morgan fingerprint density at radius 1 is 1.10 bits per heavy atom. The molecule has 0 aliphatic rings. The van der Waals surface area contributed by atoms with Crippen molar-refractivity contribution >= 4 is 51.8 Å². The number of carbonyl (C=O) groups is 1. The number of alkyl halides is 2. The second-order valence-electron chi connectivity index (χ2n) is 6.80. The number of hydrogen-bond donors (Lipinski definition) is 1. The fourth-order valence-electron chi connectivity index (χ4n) is 1.91. The molecule has 0 atom stereocenters. The number of benzene rings is 1. The Balaban J connectivity index is 0.000000567. The third-order valence-electron chi connectivity index (χ3n) is 2.76. The molecule has 0 heterocycles. The Labute approximate surface area is 151 Å². The van der Waals surface area contributed by atoms with Gasteiger partial charge in [-0.05, 0) is 50.6 Å². The standard InChI is InChI=1S/C14H21I.C2H2Cl2O2/c1-13(2,3)10-8-7-9-11(15)12(10)14(4,5)6;3-1(4)2(5)6/h7-9H,1-6H3;1H,(H,5,6). The molecule has 0 fully saturated rings. The number of aliphatic carboxylic acids is 1. The molecule has 0 bridgehead atoms. The third-order valence-corrected chi connectivity index (χ3v) is 4.03. The molecular formula is C16H23Cl2IO2. The molecule has 1 aromatic carbocycles. The molecule has 0 aromatic heterocycles. The van der Waals surface area contributed by atoms with E-state index in [1.807, 2.05) is 0 Å². The molecule has 0 saturated carbocycles. The van der Waals surface area contributed by atoms with Gasteiger partial charge in [-0.3, -0.25) is 0 Å². The van der Waals surface area contributed by atoms with Crippen LogP contribution in [0.2, 0.25) is 0 Å². The largest absolute Gasteiger partial charge is 0.479 e. The monoisotopic (exact) mass is 444 g/mol. The van der Waals surface area contributed by atoms with E-state index in [1.54, 1.807) is 0 Å². The summed E-state index contributed by atoms with van der Waals surface area (Å²) in [6.45, 7) is 13.7. The average molecular weight is 445 g/mol. The van der Waals surface area contributed by atoms with Gasteiger partial charge in [0.05, 0.1) is 0 Å². The van der Waals surface area contributed by atoms with E-state index in [1.165, 1.54) is 14.7 Å². The second kappa shape index (κ2) is 8.02. The van der Waals surface area contributed by atoms with Crippen molar-refractivity contribution < 1.29 is 9.90 Å². The van der Waals surface area contributed by atoms with Crippen LogP contribution in [0.15, 0.2) is 18.2 Å². The van der Waals surface area contributed by atoms with Gasteiger partial charge in [0.2, 0.25) is 4.84 Å². The van der Waals surface area contributed by atoms with E-state index in [0.29, 0.717) is 0 Å². The highest BCUT2D eigenvalue weighted by Crippen LogP contribution is 2.36. The van der Waals surface area contributed by atoms with Crippen molar-refractivity contribution in [3.63, 3.8) is 0 Å². The summed E-state index contributed by atoms with van der Waals surface area (Å²) in [6, 6.07) is 6.64. The summed E-state index contributed by atoms with van der Waals surface area (Å²) in [6.07, 6.45) is 0. The minimum atomic E-state index is -1.29. The SMILES string of the molecule is CC(C)(C)c1cccc(I)c1C(C)(C)C.O=C(O)C(Cl)Cl. The molecule has 2 nitrogen and oxygen atoms in total. The Bertz CT molecular complexity index is 486. The predicted molar refractivity (Wildman–Crippen MR) is 99.7 cm³/mol. The van der Waals surface area contributed by atoms with E-state index in [4.69, 9.17) is 28.3 Å². The molecule has 21 heavy (non-hydrogen) atoms. The first-order valence-corrected chi connectivity index (χ1v) is 8.54. The number of rotatable bonds is 1. The average Bonchev–Trinajstić information content (AvgIpc) is 2.26. The van der Waals surface area contributed by atoms with Crippen molar-refractivity contribution in [1.82, 2.24) is 0 Å². The van der Waals surface area contributed by atoms with Gasteiger partial charge in [-0.25, -0.2) is 4.79 Å². The summed E-state index contributed by atoms with van der Waals surface area (Å²) in [4.78, 5) is 8.15. The molecule has 5 heteroatoms. The van der Waals surface area contributed by atoms with E-state index >= 15 is 0 Å². The van der Waals surface area contributed by atoms with Gasteiger partial charge in [0, 0.05) is 3.57 Å². The maximum atomic E-state index is 9.44. The van der Waals surface area contributed by atoms with Gasteiger partial charge in [0.25, 0.3) is 0 Å². The lowest BCUT2D eigenvalue weighted by molar-refractivity contribution is -0.135. The van der Waals surface area contributed by atoms with Crippen LogP contribution < -0.4 is 0 Å². The molecule has 120 valence electrons. The molecular weight excluding hydrogens is 422 g/mol. The summed E-state index contributed by atoms with van der Waals surface area (Å²) in [5, 5.41) is 7.73. The van der Waals surface area contributed by atoms with Crippen LogP contribution in [0.4, 0.5) is 0 Å². The highest BCUT2D eigenvalue weighted by Gasteiger charge is 2.26. The molecule has 0 unspecified atom stereocenters. The van der Waals surface area contributed by atoms with Gasteiger partial charge in [0.1, 0.15) is 0 Å². The summed E-state index contributed by atoms with van der Waals surface area (Å²) in [7, 11) is 0. The van der Waals surface area contributed by atoms with Crippen molar-refractivity contribution in [3.05, 3.63) is 32.9 Å². The van der Waals surface area contributed by atoms with Crippen molar-refractivity contribution in [2.75, 3.05) is 0 Å². The Morgan fingerprint density at radius 3 is 1.76 bits per heavy atom. The smallest absolute Gasteiger partial charge is 0.337 e. The fourth-order valence-corrected chi connectivity index (χ4v) is 3.22. The zero-order valence-corrected chi connectivity index (χ0v) is 17.0. The van der Waals surface area contributed by atoms with Gasteiger partial charge in [-0.15, -0.1) is 0 Å². The number of halogens is 3. The van der Waals surface area contributed by atoms with Gasteiger partial charge in [-0.1, -0.05) is 76.9 Å². The van der Waals surface area contributed by atoms with Crippen LogP contribution >= 0.6 is 45.8 Å². The summed E-state index contributed by atoms with van der Waals surface area (Å²) in [5.74, 6) is -1.21. The first-order valence-electron chi connectivity index (χ1n) is 6.59. The minimum absolute atomic E-state index is 0.223. The second-order valence-corrected chi connectivity index (χ2v) is 9.06. The molecule has 1 rings (SSSR count). The lowest BCUT2D eigenvalue weighted by atomic mass is 9.75. The highest BCUT2D eigenvalue weighted by atomic mass is 127. The molecule has 0 saturated heterocycles. The van der Waals surface area contributed by atoms with Crippen LogP contribution in [0.3, 0.4) is 0 Å². The number of hydrogen-bond acceptors (Lipinski definition) is 1. The molecule has 1 N–H and O–H groups in total. The van der Waals surface area contributed by atoms with Gasteiger partial charge in [0.15, 0.2) is 0 Å². The summed E-state index contributed by atoms with van der Waals surface area (Å²) in [5.41, 5.74) is 3.42. The molecule has 0 aliphatic heterocycles. The van der Waals surface area contributed by atoms with Gasteiger partial charge in [-0.2, -0.15) is 0 Å². The van der Waals surface area contributed by atoms with Crippen molar-refractivity contribution in [2.45, 2.75) is 57.2 Å². The number of carboxylic acids is 1. The van der Waals surface area contributed by atoms with E-state index in [2.05, 4.69) is 82.3 Å². The molecule has 0 aliphatic carbocycles. The quantitative estimate of drug-likeness (QED) is 0.441. The van der Waals surface area contributed by atoms with Crippen molar-refractivity contribution in [2.24, 2.45) is 0 Å². The topological polar surface area (TPSA) is 37.3 Å². The summed E-state index contributed by atoms with van der Waals surface area (Å²) >= 11 is 12.0. The lowest BCUT2D eigenvalue weighted by Gasteiger charge is -2.31. The minimum Gasteiger partial charge on any atom is -0.479 e. The van der Waals surface area contributed by atoms with Crippen molar-refractivity contribution in [1.29, 1.82) is 0 Å². The van der Waals surface area contributed by atoms with E-state index in [9.17, 15) is 4.79 Å². The first-order chi connectivity index (χ1) is 9.28. The Hall–Kier alpha value is -0.000000000000000111. The first kappa shape index (κ1) is 21.0. The Kier molecular flexibility index (Phi) is 8.02. The number of carboxylic acid groups (broad SMARTS) is 1. The van der Waals surface area contributed by atoms with Crippen LogP contribution in [0.5, 0.6) is 0 Å². The normalized spacial score (nSPS) is 11.9.